The molecule has 0 bridgehead atoms. The minimum atomic E-state index is -0.633. The van der Waals surface area contributed by atoms with E-state index in [0.717, 1.165) is 5.56 Å². The Morgan fingerprint density at radius 3 is 2.77 bits per heavy atom. The second-order valence-electron chi connectivity index (χ2n) is 3.04. The van der Waals surface area contributed by atoms with Gasteiger partial charge in [-0.05, 0) is 11.6 Å². The first-order chi connectivity index (χ1) is 6.31. The summed E-state index contributed by atoms with van der Waals surface area (Å²) in [6, 6.07) is 9.46. The maximum atomic E-state index is 8.95. The van der Waals surface area contributed by atoms with Crippen LogP contribution in [0.25, 0.3) is 0 Å². The van der Waals surface area contributed by atoms with Crippen molar-refractivity contribution < 1.29 is 9.84 Å². The molecule has 1 heterocycles. The van der Waals surface area contributed by atoms with Crippen molar-refractivity contribution in [2.24, 2.45) is 0 Å². The SMILES string of the molecule is N#Cc1ccccc1CC1OC1O. The van der Waals surface area contributed by atoms with Crippen molar-refractivity contribution >= 4 is 0 Å². The van der Waals surface area contributed by atoms with E-state index in [1.807, 2.05) is 18.2 Å². The number of aliphatic hydroxyl groups excluding tert-OH is 1. The fourth-order valence-electron chi connectivity index (χ4n) is 1.31. The van der Waals surface area contributed by atoms with E-state index in [1.165, 1.54) is 0 Å². The van der Waals surface area contributed by atoms with Gasteiger partial charge in [0.05, 0.1) is 11.6 Å². The molecule has 1 aliphatic rings. The zero-order valence-electron chi connectivity index (χ0n) is 6.97. The van der Waals surface area contributed by atoms with E-state index in [-0.39, 0.29) is 6.10 Å². The first-order valence-corrected chi connectivity index (χ1v) is 4.13. The van der Waals surface area contributed by atoms with E-state index in [2.05, 4.69) is 6.07 Å². The molecule has 1 fully saturated rings. The smallest absolute Gasteiger partial charge is 0.182 e. The van der Waals surface area contributed by atoms with E-state index in [9.17, 15) is 0 Å². The Bertz CT molecular complexity index is 356. The molecule has 1 aromatic carbocycles. The van der Waals surface area contributed by atoms with E-state index >= 15 is 0 Å². The number of nitrogens with zero attached hydrogens (tertiary/aromatic N) is 1. The number of aliphatic hydroxyl groups is 1. The molecule has 0 amide bonds. The lowest BCUT2D eigenvalue weighted by Crippen LogP contribution is -1.99. The van der Waals surface area contributed by atoms with Crippen molar-refractivity contribution in [3.8, 4) is 6.07 Å². The Kier molecular flexibility index (Phi) is 2.01. The number of rotatable bonds is 2. The van der Waals surface area contributed by atoms with Crippen LogP contribution in [0.15, 0.2) is 24.3 Å². The number of hydrogen-bond acceptors (Lipinski definition) is 3. The van der Waals surface area contributed by atoms with Crippen LogP contribution in [0.3, 0.4) is 0 Å². The van der Waals surface area contributed by atoms with Crippen LogP contribution in [0.4, 0.5) is 0 Å². The molecule has 1 saturated heterocycles. The van der Waals surface area contributed by atoms with Gasteiger partial charge in [-0.25, -0.2) is 0 Å². The van der Waals surface area contributed by atoms with Crippen LogP contribution in [0.5, 0.6) is 0 Å². The summed E-state index contributed by atoms with van der Waals surface area (Å²) >= 11 is 0. The molecule has 1 N–H and O–H groups in total. The van der Waals surface area contributed by atoms with Gasteiger partial charge in [0.2, 0.25) is 0 Å². The summed E-state index contributed by atoms with van der Waals surface area (Å²) in [6.45, 7) is 0. The average molecular weight is 175 g/mol. The maximum Gasteiger partial charge on any atom is 0.182 e. The van der Waals surface area contributed by atoms with E-state index < -0.39 is 6.29 Å². The highest BCUT2D eigenvalue weighted by atomic mass is 16.7. The van der Waals surface area contributed by atoms with Crippen molar-refractivity contribution in [1.82, 2.24) is 0 Å². The third-order valence-corrected chi connectivity index (χ3v) is 2.11. The highest BCUT2D eigenvalue weighted by molar-refractivity contribution is 5.37. The Morgan fingerprint density at radius 1 is 1.46 bits per heavy atom. The predicted octanol–water partition coefficient (Wildman–Crippen LogP) is 0.818. The highest BCUT2D eigenvalue weighted by Gasteiger charge is 2.37. The molecule has 2 atom stereocenters. The largest absolute Gasteiger partial charge is 0.366 e. The minimum Gasteiger partial charge on any atom is -0.366 e. The zero-order valence-corrected chi connectivity index (χ0v) is 6.97. The first kappa shape index (κ1) is 8.24. The fourth-order valence-corrected chi connectivity index (χ4v) is 1.31. The third-order valence-electron chi connectivity index (χ3n) is 2.11. The molecule has 2 unspecified atom stereocenters. The molecule has 0 radical (unpaired) electrons. The van der Waals surface area contributed by atoms with Gasteiger partial charge in [0, 0.05) is 6.42 Å². The molecule has 66 valence electrons. The second-order valence-corrected chi connectivity index (χ2v) is 3.04. The zero-order chi connectivity index (χ0) is 9.26. The van der Waals surface area contributed by atoms with Crippen molar-refractivity contribution in [2.45, 2.75) is 18.8 Å². The molecule has 2 rings (SSSR count). The molecule has 3 nitrogen and oxygen atoms in total. The van der Waals surface area contributed by atoms with Gasteiger partial charge >= 0.3 is 0 Å². The third kappa shape index (κ3) is 1.69. The van der Waals surface area contributed by atoms with E-state index in [4.69, 9.17) is 15.1 Å². The average Bonchev–Trinajstić information content (AvgIpc) is 2.83. The van der Waals surface area contributed by atoms with Gasteiger partial charge in [-0.15, -0.1) is 0 Å². The van der Waals surface area contributed by atoms with Gasteiger partial charge in [-0.1, -0.05) is 18.2 Å². The summed E-state index contributed by atoms with van der Waals surface area (Å²) < 4.78 is 4.87. The van der Waals surface area contributed by atoms with Crippen LogP contribution in [0, 0.1) is 11.3 Å². The molecule has 13 heavy (non-hydrogen) atoms. The molecule has 1 aromatic rings. The number of ether oxygens (including phenoxy) is 1. The van der Waals surface area contributed by atoms with Crippen LogP contribution >= 0.6 is 0 Å². The van der Waals surface area contributed by atoms with Crippen molar-refractivity contribution in [3.63, 3.8) is 0 Å². The molecular formula is C10H9NO2. The van der Waals surface area contributed by atoms with Crippen LogP contribution in [0.1, 0.15) is 11.1 Å². The van der Waals surface area contributed by atoms with Crippen LogP contribution < -0.4 is 0 Å². The Labute approximate surface area is 76.2 Å². The summed E-state index contributed by atoms with van der Waals surface area (Å²) in [5.74, 6) is 0. The maximum absolute atomic E-state index is 8.95. The van der Waals surface area contributed by atoms with Crippen molar-refractivity contribution in [3.05, 3.63) is 35.4 Å². The van der Waals surface area contributed by atoms with E-state index in [1.54, 1.807) is 6.07 Å². The number of nitriles is 1. The Morgan fingerprint density at radius 2 is 2.15 bits per heavy atom. The van der Waals surface area contributed by atoms with Gasteiger partial charge in [-0.3, -0.25) is 0 Å². The second kappa shape index (κ2) is 3.17. The van der Waals surface area contributed by atoms with Crippen LogP contribution in [-0.4, -0.2) is 17.5 Å². The van der Waals surface area contributed by atoms with Crippen LogP contribution in [0.2, 0.25) is 0 Å². The summed E-state index contributed by atoms with van der Waals surface area (Å²) in [6.07, 6.45) is -0.133. The standard InChI is InChI=1S/C10H9NO2/c11-6-8-4-2-1-3-7(8)5-9-10(12)13-9/h1-4,9-10,12H,5H2. The number of epoxide rings is 1. The lowest BCUT2D eigenvalue weighted by molar-refractivity contribution is 0.156. The molecule has 0 aromatic heterocycles. The van der Waals surface area contributed by atoms with Gasteiger partial charge in [0.25, 0.3) is 0 Å². The highest BCUT2D eigenvalue weighted by Crippen LogP contribution is 2.24. The van der Waals surface area contributed by atoms with Gasteiger partial charge in [0.15, 0.2) is 6.29 Å². The quantitative estimate of drug-likeness (QED) is 0.677. The molecule has 0 spiro atoms. The normalized spacial score (nSPS) is 25.2. The minimum absolute atomic E-state index is 0.116. The first-order valence-electron chi connectivity index (χ1n) is 4.13. The summed E-state index contributed by atoms with van der Waals surface area (Å²) in [7, 11) is 0. The van der Waals surface area contributed by atoms with E-state index in [0.29, 0.717) is 12.0 Å². The molecule has 3 heteroatoms. The topological polar surface area (TPSA) is 56.5 Å². The van der Waals surface area contributed by atoms with Gasteiger partial charge < -0.3 is 9.84 Å². The Balaban J connectivity index is 2.15. The summed E-state index contributed by atoms with van der Waals surface area (Å²) in [4.78, 5) is 0. The molecular weight excluding hydrogens is 166 g/mol. The lowest BCUT2D eigenvalue weighted by Gasteiger charge is -1.99. The summed E-state index contributed by atoms with van der Waals surface area (Å²) in [5.41, 5.74) is 1.59. The molecule has 0 aliphatic carbocycles. The number of benzene rings is 1. The van der Waals surface area contributed by atoms with Crippen molar-refractivity contribution in [2.75, 3.05) is 0 Å². The lowest BCUT2D eigenvalue weighted by atomic mass is 10.0. The monoisotopic (exact) mass is 175 g/mol. The molecule has 0 saturated carbocycles. The molecule has 1 aliphatic heterocycles. The fraction of sp³-hybridized carbons (Fsp3) is 0.300. The van der Waals surface area contributed by atoms with Crippen LogP contribution in [-0.2, 0) is 11.2 Å². The van der Waals surface area contributed by atoms with Crippen molar-refractivity contribution in [1.29, 1.82) is 5.26 Å². The summed E-state index contributed by atoms with van der Waals surface area (Å²) in [5, 5.41) is 17.7. The number of hydrogen-bond donors (Lipinski definition) is 1. The predicted molar refractivity (Wildman–Crippen MR) is 45.7 cm³/mol. The van der Waals surface area contributed by atoms with Gasteiger partial charge in [0.1, 0.15) is 6.10 Å². The van der Waals surface area contributed by atoms with Gasteiger partial charge in [-0.2, -0.15) is 5.26 Å². The Hall–Kier alpha value is -1.37.